The Kier molecular flexibility index (Phi) is 3.32. The summed E-state index contributed by atoms with van der Waals surface area (Å²) < 4.78 is 0. The molecule has 0 aliphatic rings. The second-order valence-corrected chi connectivity index (χ2v) is 3.21. The minimum Gasteiger partial charge on any atom is -0.508 e. The third kappa shape index (κ3) is 2.22. The number of phenols is 1. The Labute approximate surface area is 82.2 Å². The summed E-state index contributed by atoms with van der Waals surface area (Å²) >= 11 is 5.68. The third-order valence-corrected chi connectivity index (χ3v) is 2.25. The molecule has 0 fully saturated rings. The zero-order valence-corrected chi connectivity index (χ0v) is 8.08. The molecule has 0 spiro atoms. The van der Waals surface area contributed by atoms with Crippen LogP contribution in [0.4, 0.5) is 0 Å². The highest BCUT2D eigenvalue weighted by Gasteiger charge is 2.09. The lowest BCUT2D eigenvalue weighted by Crippen LogP contribution is -1.98. The van der Waals surface area contributed by atoms with Gasteiger partial charge in [0.2, 0.25) is 0 Å². The maximum atomic E-state index is 10.6. The lowest BCUT2D eigenvalue weighted by Gasteiger charge is -2.09. The summed E-state index contributed by atoms with van der Waals surface area (Å²) in [7, 11) is 0. The summed E-state index contributed by atoms with van der Waals surface area (Å²) in [6, 6.07) is 4.87. The number of aromatic hydroxyl groups is 1. The molecule has 0 saturated heterocycles. The van der Waals surface area contributed by atoms with Crippen LogP contribution in [-0.2, 0) is 10.7 Å². The van der Waals surface area contributed by atoms with Crippen LogP contribution in [0.3, 0.4) is 0 Å². The average Bonchev–Trinajstić information content (AvgIpc) is 2.16. The summed E-state index contributed by atoms with van der Waals surface area (Å²) in [5.41, 5.74) is 1.68. The first kappa shape index (κ1) is 10.1. The molecule has 2 nitrogen and oxygen atoms in total. The van der Waals surface area contributed by atoms with Crippen molar-refractivity contribution in [3.05, 3.63) is 29.3 Å². The van der Waals surface area contributed by atoms with Crippen molar-refractivity contribution >= 4 is 17.9 Å². The number of aldehydes is 1. The van der Waals surface area contributed by atoms with Crippen molar-refractivity contribution < 1.29 is 9.90 Å². The van der Waals surface area contributed by atoms with Gasteiger partial charge in [-0.1, -0.05) is 13.0 Å². The number of carbonyl (C=O) groups is 1. The van der Waals surface area contributed by atoms with E-state index in [1.54, 1.807) is 25.1 Å². The van der Waals surface area contributed by atoms with Gasteiger partial charge in [-0.05, 0) is 23.3 Å². The number of alkyl halides is 1. The van der Waals surface area contributed by atoms with Gasteiger partial charge in [0.15, 0.2) is 0 Å². The molecule has 0 heterocycles. The van der Waals surface area contributed by atoms with Crippen LogP contribution in [0.5, 0.6) is 5.75 Å². The van der Waals surface area contributed by atoms with Crippen molar-refractivity contribution in [1.29, 1.82) is 0 Å². The van der Waals surface area contributed by atoms with Crippen LogP contribution in [0.25, 0.3) is 0 Å². The molecule has 3 heteroatoms. The summed E-state index contributed by atoms with van der Waals surface area (Å²) in [5.74, 6) is 0.314. The highest BCUT2D eigenvalue weighted by molar-refractivity contribution is 6.17. The molecular weight excluding hydrogens is 188 g/mol. The van der Waals surface area contributed by atoms with Crippen LogP contribution in [0.15, 0.2) is 18.2 Å². The molecule has 1 atom stereocenters. The second kappa shape index (κ2) is 4.28. The highest BCUT2D eigenvalue weighted by Crippen LogP contribution is 2.23. The number of benzene rings is 1. The topological polar surface area (TPSA) is 37.3 Å². The van der Waals surface area contributed by atoms with Crippen LogP contribution >= 0.6 is 11.6 Å². The molecular formula is C10H11ClO2. The molecule has 1 rings (SSSR count). The molecule has 0 saturated carbocycles. The van der Waals surface area contributed by atoms with E-state index in [1.165, 1.54) is 0 Å². The van der Waals surface area contributed by atoms with Crippen molar-refractivity contribution in [1.82, 2.24) is 0 Å². The lowest BCUT2D eigenvalue weighted by atomic mass is 9.97. The molecule has 13 heavy (non-hydrogen) atoms. The molecule has 1 unspecified atom stereocenters. The van der Waals surface area contributed by atoms with Gasteiger partial charge in [-0.25, -0.2) is 0 Å². The smallest absolute Gasteiger partial charge is 0.127 e. The maximum absolute atomic E-state index is 10.6. The molecule has 1 aromatic carbocycles. The summed E-state index contributed by atoms with van der Waals surface area (Å²) in [6.45, 7) is 1.80. The Morgan fingerprint density at radius 1 is 1.62 bits per heavy atom. The molecule has 0 aliphatic carbocycles. The number of rotatable bonds is 3. The van der Waals surface area contributed by atoms with Gasteiger partial charge in [0.05, 0.1) is 0 Å². The number of halogens is 1. The summed E-state index contributed by atoms with van der Waals surface area (Å²) in [4.78, 5) is 10.6. The van der Waals surface area contributed by atoms with E-state index >= 15 is 0 Å². The number of hydrogen-bond acceptors (Lipinski definition) is 2. The zero-order valence-electron chi connectivity index (χ0n) is 7.33. The number of phenolic OH excluding ortho intramolecular Hbond substituents is 1. The van der Waals surface area contributed by atoms with Crippen LogP contribution in [0, 0.1) is 0 Å². The van der Waals surface area contributed by atoms with Crippen LogP contribution in [0.2, 0.25) is 0 Å². The SMILES string of the molecule is CC(C=O)c1ccc(O)cc1CCl. The monoisotopic (exact) mass is 198 g/mol. The van der Waals surface area contributed by atoms with E-state index in [9.17, 15) is 9.90 Å². The van der Waals surface area contributed by atoms with Crippen LogP contribution in [0.1, 0.15) is 24.0 Å². The molecule has 70 valence electrons. The number of carbonyl (C=O) groups excluding carboxylic acids is 1. The zero-order chi connectivity index (χ0) is 9.84. The fraction of sp³-hybridized carbons (Fsp3) is 0.300. The van der Waals surface area contributed by atoms with Crippen molar-refractivity contribution in [2.75, 3.05) is 0 Å². The lowest BCUT2D eigenvalue weighted by molar-refractivity contribution is -0.108. The van der Waals surface area contributed by atoms with E-state index in [1.807, 2.05) is 0 Å². The maximum Gasteiger partial charge on any atom is 0.127 e. The van der Waals surface area contributed by atoms with E-state index in [2.05, 4.69) is 0 Å². The Morgan fingerprint density at radius 2 is 2.31 bits per heavy atom. The Balaban J connectivity index is 3.12. The summed E-state index contributed by atoms with van der Waals surface area (Å²) in [6.07, 6.45) is 0.864. The highest BCUT2D eigenvalue weighted by atomic mass is 35.5. The van der Waals surface area contributed by atoms with Crippen molar-refractivity contribution in [2.24, 2.45) is 0 Å². The van der Waals surface area contributed by atoms with Gasteiger partial charge in [0.1, 0.15) is 12.0 Å². The molecule has 1 aromatic rings. The fourth-order valence-electron chi connectivity index (χ4n) is 1.23. The van der Waals surface area contributed by atoms with Crippen LogP contribution in [-0.4, -0.2) is 11.4 Å². The minimum atomic E-state index is -0.172. The molecule has 0 aromatic heterocycles. The van der Waals surface area contributed by atoms with Crippen molar-refractivity contribution in [2.45, 2.75) is 18.7 Å². The van der Waals surface area contributed by atoms with E-state index in [-0.39, 0.29) is 11.7 Å². The fourth-order valence-corrected chi connectivity index (χ4v) is 1.46. The van der Waals surface area contributed by atoms with Gasteiger partial charge in [-0.3, -0.25) is 0 Å². The van der Waals surface area contributed by atoms with Crippen LogP contribution < -0.4 is 0 Å². The molecule has 1 N–H and O–H groups in total. The molecule has 0 radical (unpaired) electrons. The van der Waals surface area contributed by atoms with E-state index in [4.69, 9.17) is 11.6 Å². The number of hydrogen-bond donors (Lipinski definition) is 1. The molecule has 0 amide bonds. The van der Waals surface area contributed by atoms with Gasteiger partial charge in [0.25, 0.3) is 0 Å². The van der Waals surface area contributed by atoms with Gasteiger partial charge >= 0.3 is 0 Å². The van der Waals surface area contributed by atoms with Gasteiger partial charge in [-0.2, -0.15) is 0 Å². The third-order valence-electron chi connectivity index (χ3n) is 1.97. The first-order valence-corrected chi connectivity index (χ1v) is 4.55. The van der Waals surface area contributed by atoms with E-state index < -0.39 is 0 Å². The van der Waals surface area contributed by atoms with Gasteiger partial charge in [-0.15, -0.1) is 11.6 Å². The standard InChI is InChI=1S/C10H11ClO2/c1-7(6-12)10-3-2-9(13)4-8(10)5-11/h2-4,6-7,13H,5H2,1H3. The normalized spacial score (nSPS) is 12.5. The first-order valence-electron chi connectivity index (χ1n) is 4.02. The van der Waals surface area contributed by atoms with Crippen molar-refractivity contribution in [3.63, 3.8) is 0 Å². The van der Waals surface area contributed by atoms with Gasteiger partial charge in [0, 0.05) is 11.8 Å². The predicted molar refractivity (Wildman–Crippen MR) is 52.1 cm³/mol. The Morgan fingerprint density at radius 3 is 2.85 bits per heavy atom. The van der Waals surface area contributed by atoms with E-state index in [0.717, 1.165) is 17.4 Å². The summed E-state index contributed by atoms with van der Waals surface area (Å²) in [5, 5.41) is 9.18. The van der Waals surface area contributed by atoms with E-state index in [0.29, 0.717) is 5.88 Å². The average molecular weight is 199 g/mol. The quantitative estimate of drug-likeness (QED) is 0.598. The minimum absolute atomic E-state index is 0.172. The molecule has 0 aliphatic heterocycles. The first-order chi connectivity index (χ1) is 6.19. The van der Waals surface area contributed by atoms with Crippen molar-refractivity contribution in [3.8, 4) is 5.75 Å². The predicted octanol–water partition coefficient (Wildman–Crippen LogP) is 2.43. The Hall–Kier alpha value is -1.02. The molecule has 0 bridgehead atoms. The Bertz CT molecular complexity index is 310. The second-order valence-electron chi connectivity index (χ2n) is 2.94. The largest absolute Gasteiger partial charge is 0.508 e. The van der Waals surface area contributed by atoms with Gasteiger partial charge < -0.3 is 9.90 Å².